The molecule has 28 heavy (non-hydrogen) atoms. The number of benzene rings is 1. The molecule has 140 valence electrons. The predicted octanol–water partition coefficient (Wildman–Crippen LogP) is 1.54. The lowest BCUT2D eigenvalue weighted by atomic mass is 9.83. The van der Waals surface area contributed by atoms with Crippen molar-refractivity contribution in [3.63, 3.8) is 0 Å². The van der Waals surface area contributed by atoms with Crippen molar-refractivity contribution in [2.75, 3.05) is 0 Å². The van der Waals surface area contributed by atoms with E-state index in [4.69, 9.17) is 10.8 Å². The maximum absolute atomic E-state index is 12.6. The van der Waals surface area contributed by atoms with Gasteiger partial charge in [-0.15, -0.1) is 0 Å². The molecule has 0 bridgehead atoms. The summed E-state index contributed by atoms with van der Waals surface area (Å²) in [5, 5.41) is 38.6. The zero-order valence-electron chi connectivity index (χ0n) is 14.0. The van der Waals surface area contributed by atoms with Gasteiger partial charge < -0.3 is 10.8 Å². The van der Waals surface area contributed by atoms with Crippen LogP contribution in [-0.2, 0) is 9.59 Å². The minimum Gasteiger partial charge on any atom is -0.481 e. The second-order valence-electron chi connectivity index (χ2n) is 5.90. The number of nitro benzene ring substituents is 1. The molecule has 2 heterocycles. The molecule has 1 aromatic rings. The molecule has 3 N–H and O–H groups in total. The molecule has 10 nitrogen and oxygen atoms in total. The summed E-state index contributed by atoms with van der Waals surface area (Å²) in [7, 11) is 0. The molecule has 0 spiro atoms. The average molecular weight is 397 g/mol. The Morgan fingerprint density at radius 3 is 2.61 bits per heavy atom. The van der Waals surface area contributed by atoms with Crippen LogP contribution in [0.3, 0.4) is 0 Å². The van der Waals surface area contributed by atoms with Gasteiger partial charge in [-0.25, -0.2) is 0 Å². The van der Waals surface area contributed by atoms with Crippen LogP contribution in [0.4, 0.5) is 5.69 Å². The summed E-state index contributed by atoms with van der Waals surface area (Å²) in [5.41, 5.74) is 6.00. The van der Waals surface area contributed by atoms with Crippen LogP contribution in [0.25, 0.3) is 0 Å². The smallest absolute Gasteiger partial charge is 0.305 e. The lowest BCUT2D eigenvalue weighted by molar-refractivity contribution is -0.384. The maximum Gasteiger partial charge on any atom is 0.305 e. The molecule has 0 radical (unpaired) electrons. The van der Waals surface area contributed by atoms with E-state index in [9.17, 15) is 30.2 Å². The van der Waals surface area contributed by atoms with Gasteiger partial charge in [-0.1, -0.05) is 23.9 Å². The second-order valence-corrected chi connectivity index (χ2v) is 7.10. The Balaban J connectivity index is 2.19. The van der Waals surface area contributed by atoms with E-state index >= 15 is 0 Å². The Hall–Kier alpha value is -3.83. The molecule has 2 aliphatic heterocycles. The van der Waals surface area contributed by atoms with E-state index in [-0.39, 0.29) is 27.7 Å². The molecule has 0 aliphatic carbocycles. The number of hydrogen-bond acceptors (Lipinski definition) is 8. The third-order valence-corrected chi connectivity index (χ3v) is 5.57. The number of rotatable bonds is 4. The number of carbonyl (C=O) groups is 2. The van der Waals surface area contributed by atoms with Crippen molar-refractivity contribution in [2.24, 2.45) is 5.73 Å². The Kier molecular flexibility index (Phi) is 4.78. The molecule has 11 heteroatoms. The summed E-state index contributed by atoms with van der Waals surface area (Å²) < 4.78 is 0. The molecule has 3 rings (SSSR count). The quantitative estimate of drug-likeness (QED) is 0.564. The van der Waals surface area contributed by atoms with E-state index in [1.54, 1.807) is 0 Å². The monoisotopic (exact) mass is 397 g/mol. The first-order valence-electron chi connectivity index (χ1n) is 7.81. The van der Waals surface area contributed by atoms with Crippen LogP contribution in [0.1, 0.15) is 17.9 Å². The van der Waals surface area contributed by atoms with Crippen molar-refractivity contribution in [3.8, 4) is 12.1 Å². The summed E-state index contributed by atoms with van der Waals surface area (Å²) in [4.78, 5) is 35.1. The number of fused-ring (bicyclic) bond motifs is 1. The lowest BCUT2D eigenvalue weighted by Crippen LogP contribution is -2.37. The molecule has 0 aromatic heterocycles. The van der Waals surface area contributed by atoms with Gasteiger partial charge in [0, 0.05) is 12.1 Å². The van der Waals surface area contributed by atoms with E-state index in [1.807, 2.05) is 12.1 Å². The molecule has 2 atom stereocenters. The largest absolute Gasteiger partial charge is 0.481 e. The lowest BCUT2D eigenvalue weighted by Gasteiger charge is -2.29. The third-order valence-electron chi connectivity index (χ3n) is 4.29. The minimum absolute atomic E-state index is 0.0116. The number of non-ortho nitro benzene ring substituents is 1. The second kappa shape index (κ2) is 7.06. The van der Waals surface area contributed by atoms with Gasteiger partial charge in [0.2, 0.25) is 5.91 Å². The standard InChI is InChI=1S/C17H11N5O5S/c18-6-10-14(8-2-1-3-9(4-8)22(26)27)11(7-19)17-21(15(10)20)16(25)12(28-17)5-13(23)24/h1-4,12,14H,5,20H2,(H,23,24). The number of nitrogens with two attached hydrogens (primary N) is 1. The normalized spacial score (nSPS) is 21.2. The highest BCUT2D eigenvalue weighted by Crippen LogP contribution is 2.49. The molecular formula is C17H11N5O5S. The minimum atomic E-state index is -1.19. The number of nitriles is 2. The van der Waals surface area contributed by atoms with Crippen molar-refractivity contribution in [1.29, 1.82) is 10.5 Å². The molecular weight excluding hydrogens is 386 g/mol. The molecule has 1 amide bonds. The summed E-state index contributed by atoms with van der Waals surface area (Å²) in [5.74, 6) is -3.02. The first-order chi connectivity index (χ1) is 13.3. The van der Waals surface area contributed by atoms with Crippen molar-refractivity contribution in [3.05, 3.63) is 61.9 Å². The third kappa shape index (κ3) is 2.94. The van der Waals surface area contributed by atoms with Gasteiger partial charge in [0.25, 0.3) is 5.69 Å². The summed E-state index contributed by atoms with van der Waals surface area (Å²) in [6.07, 6.45) is -0.473. The van der Waals surface area contributed by atoms with E-state index in [0.29, 0.717) is 5.56 Å². The Morgan fingerprint density at radius 2 is 2.04 bits per heavy atom. The summed E-state index contributed by atoms with van der Waals surface area (Å²) >= 11 is 0.884. The fraction of sp³-hybridized carbons (Fsp3) is 0.176. The van der Waals surface area contributed by atoms with Crippen molar-refractivity contribution >= 4 is 29.3 Å². The summed E-state index contributed by atoms with van der Waals surface area (Å²) in [6, 6.07) is 9.29. The molecule has 1 saturated heterocycles. The van der Waals surface area contributed by atoms with Crippen LogP contribution < -0.4 is 5.73 Å². The zero-order valence-corrected chi connectivity index (χ0v) is 14.8. The number of thioether (sulfide) groups is 1. The van der Waals surface area contributed by atoms with Crippen molar-refractivity contribution in [2.45, 2.75) is 17.6 Å². The van der Waals surface area contributed by atoms with Gasteiger partial charge in [-0.05, 0) is 5.56 Å². The molecule has 2 unspecified atom stereocenters. The van der Waals surface area contributed by atoms with E-state index in [2.05, 4.69) is 0 Å². The Bertz CT molecular complexity index is 1060. The number of amides is 1. The van der Waals surface area contributed by atoms with Gasteiger partial charge in [-0.2, -0.15) is 10.5 Å². The van der Waals surface area contributed by atoms with Crippen molar-refractivity contribution in [1.82, 2.24) is 4.90 Å². The Labute approximate surface area is 162 Å². The highest BCUT2D eigenvalue weighted by Gasteiger charge is 2.47. The number of allylic oxidation sites excluding steroid dienone is 2. The number of carbonyl (C=O) groups excluding carboxylic acids is 1. The highest BCUT2D eigenvalue weighted by molar-refractivity contribution is 8.04. The first-order valence-corrected chi connectivity index (χ1v) is 8.68. The highest BCUT2D eigenvalue weighted by atomic mass is 32.2. The van der Waals surface area contributed by atoms with Gasteiger partial charge >= 0.3 is 5.97 Å². The number of aliphatic carboxylic acids is 1. The van der Waals surface area contributed by atoms with Crippen LogP contribution in [0.15, 0.2) is 46.3 Å². The number of carboxylic acids is 1. The zero-order chi connectivity index (χ0) is 20.6. The van der Waals surface area contributed by atoms with Gasteiger partial charge in [0.1, 0.15) is 11.1 Å². The van der Waals surface area contributed by atoms with Crippen LogP contribution in [0, 0.1) is 32.8 Å². The molecule has 2 aliphatic rings. The van der Waals surface area contributed by atoms with Gasteiger partial charge in [-0.3, -0.25) is 24.6 Å². The van der Waals surface area contributed by atoms with Crippen LogP contribution in [0.2, 0.25) is 0 Å². The average Bonchev–Trinajstić information content (AvgIpc) is 2.97. The topological polar surface area (TPSA) is 174 Å². The molecule has 0 saturated carbocycles. The van der Waals surface area contributed by atoms with Crippen LogP contribution in [0.5, 0.6) is 0 Å². The number of hydrogen-bond donors (Lipinski definition) is 2. The van der Waals surface area contributed by atoms with E-state index in [0.717, 1.165) is 16.7 Å². The van der Waals surface area contributed by atoms with E-state index in [1.165, 1.54) is 24.3 Å². The number of carboxylic acid groups (broad SMARTS) is 1. The maximum atomic E-state index is 12.6. The first kappa shape index (κ1) is 18.9. The van der Waals surface area contributed by atoms with Crippen LogP contribution in [-0.4, -0.2) is 32.1 Å². The SMILES string of the molecule is N#CC1=C(N)N2C(=O)C(CC(=O)O)SC2=C(C#N)C1c1cccc([N+](=O)[O-])c1. The number of nitrogens with zero attached hydrogens (tertiary/aromatic N) is 4. The van der Waals surface area contributed by atoms with Crippen LogP contribution >= 0.6 is 11.8 Å². The molecule has 1 aromatic carbocycles. The van der Waals surface area contributed by atoms with Crippen molar-refractivity contribution < 1.29 is 19.6 Å². The van der Waals surface area contributed by atoms with E-state index < -0.39 is 34.4 Å². The van der Waals surface area contributed by atoms with Gasteiger partial charge in [0.15, 0.2) is 0 Å². The fourth-order valence-corrected chi connectivity index (χ4v) is 4.39. The summed E-state index contributed by atoms with van der Waals surface area (Å²) in [6.45, 7) is 0. The molecule has 1 fully saturated rings. The fourth-order valence-electron chi connectivity index (χ4n) is 3.10. The Morgan fingerprint density at radius 1 is 1.36 bits per heavy atom. The van der Waals surface area contributed by atoms with Gasteiger partial charge in [0.05, 0.1) is 45.6 Å². The number of nitro groups is 1. The predicted molar refractivity (Wildman–Crippen MR) is 95.8 cm³/mol.